The molecule has 1 aliphatic heterocycles. The van der Waals surface area contributed by atoms with Gasteiger partial charge < -0.3 is 10.6 Å². The third kappa shape index (κ3) is 2.65. The highest BCUT2D eigenvalue weighted by molar-refractivity contribution is 9.10. The van der Waals surface area contributed by atoms with Crippen LogP contribution in [0, 0.1) is 6.92 Å². The fraction of sp³-hybridized carbons (Fsp3) is 0.375. The van der Waals surface area contributed by atoms with E-state index in [4.69, 9.17) is 5.73 Å². The Morgan fingerprint density at radius 3 is 2.90 bits per heavy atom. The van der Waals surface area contributed by atoms with Gasteiger partial charge in [0.2, 0.25) is 0 Å². The number of rotatable bonds is 4. The minimum absolute atomic E-state index is 0.584. The maximum atomic E-state index is 5.76. The van der Waals surface area contributed by atoms with Crippen LogP contribution in [0.5, 0.6) is 0 Å². The number of fused-ring (bicyclic) bond motifs is 1. The summed E-state index contributed by atoms with van der Waals surface area (Å²) in [5.74, 6) is 0.584. The zero-order chi connectivity index (χ0) is 14.1. The normalized spacial score (nSPS) is 17.6. The van der Waals surface area contributed by atoms with Gasteiger partial charge in [-0.1, -0.05) is 18.2 Å². The van der Waals surface area contributed by atoms with Crippen LogP contribution in [0.4, 0.5) is 5.69 Å². The second kappa shape index (κ2) is 5.88. The highest BCUT2D eigenvalue weighted by atomic mass is 79.9. The van der Waals surface area contributed by atoms with Crippen molar-refractivity contribution < 1.29 is 0 Å². The van der Waals surface area contributed by atoms with Crippen LogP contribution in [-0.2, 0) is 6.54 Å². The average molecular weight is 351 g/mol. The smallest absolute Gasteiger partial charge is 0.0523 e. The fourth-order valence-corrected chi connectivity index (χ4v) is 4.58. The summed E-state index contributed by atoms with van der Waals surface area (Å²) in [5, 5.41) is 0. The molecular weight excluding hydrogens is 332 g/mol. The molecule has 3 rings (SSSR count). The molecule has 2 N–H and O–H groups in total. The first-order valence-electron chi connectivity index (χ1n) is 6.97. The molecule has 20 heavy (non-hydrogen) atoms. The van der Waals surface area contributed by atoms with Gasteiger partial charge in [-0.3, -0.25) is 0 Å². The van der Waals surface area contributed by atoms with Crippen molar-refractivity contribution in [1.82, 2.24) is 0 Å². The number of nitrogens with zero attached hydrogens (tertiary/aromatic N) is 1. The third-order valence-corrected chi connectivity index (χ3v) is 6.05. The lowest BCUT2D eigenvalue weighted by atomic mass is 9.98. The minimum Gasteiger partial charge on any atom is -0.366 e. The first-order valence-corrected chi connectivity index (χ1v) is 8.58. The van der Waals surface area contributed by atoms with Crippen LogP contribution in [0.25, 0.3) is 0 Å². The summed E-state index contributed by atoms with van der Waals surface area (Å²) in [4.78, 5) is 5.26. The van der Waals surface area contributed by atoms with Crippen LogP contribution >= 0.6 is 27.3 Å². The number of hydrogen-bond donors (Lipinski definition) is 1. The van der Waals surface area contributed by atoms with Crippen molar-refractivity contribution in [3.63, 3.8) is 0 Å². The summed E-state index contributed by atoms with van der Waals surface area (Å²) in [6, 6.07) is 11.0. The topological polar surface area (TPSA) is 29.3 Å². The molecule has 1 unspecified atom stereocenters. The van der Waals surface area contributed by atoms with E-state index < -0.39 is 0 Å². The quantitative estimate of drug-likeness (QED) is 0.891. The second-order valence-electron chi connectivity index (χ2n) is 5.33. The van der Waals surface area contributed by atoms with E-state index in [1.165, 1.54) is 25.5 Å². The van der Waals surface area contributed by atoms with E-state index in [1.54, 1.807) is 0 Å². The van der Waals surface area contributed by atoms with Crippen LogP contribution in [-0.4, -0.2) is 13.1 Å². The Morgan fingerprint density at radius 1 is 1.40 bits per heavy atom. The number of para-hydroxylation sites is 1. The number of nitrogens with two attached hydrogens (primary N) is 1. The zero-order valence-electron chi connectivity index (χ0n) is 11.6. The molecule has 1 aliphatic rings. The molecule has 1 aromatic carbocycles. The van der Waals surface area contributed by atoms with Gasteiger partial charge in [0.1, 0.15) is 0 Å². The number of aryl methyl sites for hydroxylation is 1. The number of anilines is 1. The van der Waals surface area contributed by atoms with Crippen molar-refractivity contribution in [2.75, 3.05) is 18.0 Å². The zero-order valence-corrected chi connectivity index (χ0v) is 14.0. The predicted molar refractivity (Wildman–Crippen MR) is 90.7 cm³/mol. The molecule has 0 saturated carbocycles. The van der Waals surface area contributed by atoms with Gasteiger partial charge in [0, 0.05) is 32.4 Å². The van der Waals surface area contributed by atoms with E-state index in [0.29, 0.717) is 5.92 Å². The van der Waals surface area contributed by atoms with Gasteiger partial charge in [-0.2, -0.15) is 0 Å². The van der Waals surface area contributed by atoms with E-state index in [-0.39, 0.29) is 0 Å². The molecule has 0 fully saturated rings. The number of benzene rings is 1. The SMILES string of the molecule is Cc1sc(CN2CC(CCN)c3ccccc32)cc1Br. The second-order valence-corrected chi connectivity index (χ2v) is 7.53. The molecule has 0 spiro atoms. The van der Waals surface area contributed by atoms with Crippen LogP contribution in [0.1, 0.15) is 27.7 Å². The Balaban J connectivity index is 1.84. The van der Waals surface area contributed by atoms with Gasteiger partial charge in [-0.25, -0.2) is 0 Å². The molecule has 4 heteroatoms. The van der Waals surface area contributed by atoms with E-state index >= 15 is 0 Å². The fourth-order valence-electron chi connectivity index (χ4n) is 2.97. The van der Waals surface area contributed by atoms with E-state index in [2.05, 4.69) is 58.1 Å². The molecule has 1 atom stereocenters. The number of hydrogen-bond acceptors (Lipinski definition) is 3. The molecule has 0 radical (unpaired) electrons. The van der Waals surface area contributed by atoms with Gasteiger partial charge in [0.05, 0.1) is 6.54 Å². The van der Waals surface area contributed by atoms with Crippen LogP contribution in [0.15, 0.2) is 34.8 Å². The van der Waals surface area contributed by atoms with Crippen LogP contribution < -0.4 is 10.6 Å². The predicted octanol–water partition coefficient (Wildman–Crippen LogP) is 4.27. The molecule has 2 aromatic rings. The Bertz CT molecular complexity index is 589. The summed E-state index contributed by atoms with van der Waals surface area (Å²) in [6.45, 7) is 5.00. The van der Waals surface area contributed by atoms with Gasteiger partial charge in [-0.15, -0.1) is 11.3 Å². The monoisotopic (exact) mass is 350 g/mol. The lowest BCUT2D eigenvalue weighted by Crippen LogP contribution is -2.21. The summed E-state index contributed by atoms with van der Waals surface area (Å²) < 4.78 is 1.23. The molecule has 106 valence electrons. The Labute approximate surface area is 132 Å². The van der Waals surface area contributed by atoms with Crippen molar-refractivity contribution >= 4 is 33.0 Å². The molecule has 0 aliphatic carbocycles. The number of thiophene rings is 1. The Kier molecular flexibility index (Phi) is 4.15. The Hall–Kier alpha value is -0.840. The van der Waals surface area contributed by atoms with Crippen LogP contribution in [0.2, 0.25) is 0 Å². The highest BCUT2D eigenvalue weighted by Gasteiger charge is 2.27. The molecule has 0 bridgehead atoms. The van der Waals surface area contributed by atoms with Crippen molar-refractivity contribution in [3.8, 4) is 0 Å². The third-order valence-electron chi connectivity index (χ3n) is 3.93. The van der Waals surface area contributed by atoms with Gasteiger partial charge in [0.25, 0.3) is 0 Å². The highest BCUT2D eigenvalue weighted by Crippen LogP contribution is 2.39. The van der Waals surface area contributed by atoms with Gasteiger partial charge >= 0.3 is 0 Å². The largest absolute Gasteiger partial charge is 0.366 e. The molecule has 2 heterocycles. The molecule has 0 saturated heterocycles. The molecule has 1 aromatic heterocycles. The van der Waals surface area contributed by atoms with E-state index in [1.807, 2.05) is 11.3 Å². The van der Waals surface area contributed by atoms with E-state index in [9.17, 15) is 0 Å². The van der Waals surface area contributed by atoms with E-state index in [0.717, 1.165) is 26.1 Å². The Morgan fingerprint density at radius 2 is 2.20 bits per heavy atom. The van der Waals surface area contributed by atoms with Crippen molar-refractivity contribution in [2.24, 2.45) is 5.73 Å². The minimum atomic E-state index is 0.584. The van der Waals surface area contributed by atoms with Crippen LogP contribution in [0.3, 0.4) is 0 Å². The maximum absolute atomic E-state index is 5.76. The lowest BCUT2D eigenvalue weighted by Gasteiger charge is -2.19. The van der Waals surface area contributed by atoms with Crippen molar-refractivity contribution in [2.45, 2.75) is 25.8 Å². The summed E-state index contributed by atoms with van der Waals surface area (Å²) in [7, 11) is 0. The van der Waals surface area contributed by atoms with Crippen molar-refractivity contribution in [1.29, 1.82) is 0 Å². The van der Waals surface area contributed by atoms with Crippen molar-refractivity contribution in [3.05, 3.63) is 50.1 Å². The maximum Gasteiger partial charge on any atom is 0.0523 e. The molecule has 2 nitrogen and oxygen atoms in total. The standard InChI is InChI=1S/C16H19BrN2S/c1-11-15(17)8-13(20-11)10-19-9-12(6-7-18)14-4-2-3-5-16(14)19/h2-5,8,12H,6-7,9-10,18H2,1H3. The molecular formula is C16H19BrN2S. The summed E-state index contributed by atoms with van der Waals surface area (Å²) in [5.41, 5.74) is 8.61. The molecule has 0 amide bonds. The lowest BCUT2D eigenvalue weighted by molar-refractivity contribution is 0.645. The average Bonchev–Trinajstić information content (AvgIpc) is 2.93. The van der Waals surface area contributed by atoms with Gasteiger partial charge in [-0.05, 0) is 53.5 Å². The summed E-state index contributed by atoms with van der Waals surface area (Å²) >= 11 is 5.49. The first kappa shape index (κ1) is 14.1. The summed E-state index contributed by atoms with van der Waals surface area (Å²) in [6.07, 6.45) is 1.07. The van der Waals surface area contributed by atoms with Gasteiger partial charge in [0.15, 0.2) is 0 Å². The number of halogens is 1. The first-order chi connectivity index (χ1) is 9.69.